The predicted molar refractivity (Wildman–Crippen MR) is 128 cm³/mol. The molecule has 0 saturated carbocycles. The van der Waals surface area contributed by atoms with E-state index >= 15 is 0 Å². The van der Waals surface area contributed by atoms with Crippen LogP contribution in [0.1, 0.15) is 42.4 Å². The van der Waals surface area contributed by atoms with Crippen molar-refractivity contribution in [3.8, 4) is 0 Å². The fourth-order valence-corrected chi connectivity index (χ4v) is 3.42. The molecule has 9 heteroatoms. The molecule has 2 amide bonds. The van der Waals surface area contributed by atoms with E-state index in [1.165, 1.54) is 6.07 Å². The Morgan fingerprint density at radius 2 is 1.94 bits per heavy atom. The van der Waals surface area contributed by atoms with Crippen LogP contribution in [0.4, 0.5) is 22.0 Å². The molecule has 2 heterocycles. The van der Waals surface area contributed by atoms with E-state index in [0.717, 1.165) is 23.2 Å². The Labute approximate surface area is 192 Å². The number of carbonyl (C=O) groups excluding carboxylic acids is 1. The number of nitrogens with one attached hydrogen (secondary N) is 4. The number of aryl methyl sites for hydroxylation is 1. The zero-order valence-corrected chi connectivity index (χ0v) is 18.8. The van der Waals surface area contributed by atoms with Gasteiger partial charge >= 0.3 is 6.03 Å². The first-order chi connectivity index (χ1) is 15.7. The number of hydrogen-bond donors (Lipinski definition) is 6. The van der Waals surface area contributed by atoms with Crippen LogP contribution in [0.2, 0.25) is 0 Å². The first-order valence-corrected chi connectivity index (χ1v) is 10.4. The summed E-state index contributed by atoms with van der Waals surface area (Å²) in [5, 5.41) is 36.8. The van der Waals surface area contributed by atoms with Crippen molar-refractivity contribution in [2.24, 2.45) is 0 Å². The Bertz CT molecular complexity index is 1130. The van der Waals surface area contributed by atoms with E-state index in [1.807, 2.05) is 43.3 Å². The number of urea groups is 1. The standard InChI is InChI=1S/C24H28N6O3/c1-15-11-18(9-10-26-15)27-21-17(13-25)12-20(28-19(21)14-31)29-23(32)30-22(24(2,3)33)16-7-5-4-6-8-16/h4-13,22,25,31,33H,14H2,1-3H3,(H,26,27)(H2,28,29,30,32)/t22-/m0/s1. The molecule has 9 nitrogen and oxygen atoms in total. The van der Waals surface area contributed by atoms with Gasteiger partial charge in [0.15, 0.2) is 0 Å². The molecule has 0 unspecified atom stereocenters. The molecule has 172 valence electrons. The van der Waals surface area contributed by atoms with Gasteiger partial charge in [0.25, 0.3) is 0 Å². The number of benzene rings is 1. The molecule has 3 rings (SSSR count). The molecule has 0 fully saturated rings. The van der Waals surface area contributed by atoms with Crippen molar-refractivity contribution in [2.75, 3.05) is 10.6 Å². The van der Waals surface area contributed by atoms with Crippen LogP contribution in [0.15, 0.2) is 54.7 Å². The predicted octanol–water partition coefficient (Wildman–Crippen LogP) is 3.65. The van der Waals surface area contributed by atoms with Crippen LogP contribution < -0.4 is 16.0 Å². The second-order valence-electron chi connectivity index (χ2n) is 8.13. The van der Waals surface area contributed by atoms with Crippen molar-refractivity contribution in [1.82, 2.24) is 15.3 Å². The number of aliphatic hydroxyl groups is 2. The number of hydrogen-bond acceptors (Lipinski definition) is 7. The second kappa shape index (κ2) is 10.2. The highest BCUT2D eigenvalue weighted by molar-refractivity contribution is 5.93. The van der Waals surface area contributed by atoms with Crippen molar-refractivity contribution in [1.29, 1.82) is 5.41 Å². The average molecular weight is 449 g/mol. The fourth-order valence-electron chi connectivity index (χ4n) is 3.42. The quantitative estimate of drug-likeness (QED) is 0.290. The van der Waals surface area contributed by atoms with E-state index in [2.05, 4.69) is 25.9 Å². The highest BCUT2D eigenvalue weighted by Gasteiger charge is 2.30. The highest BCUT2D eigenvalue weighted by Crippen LogP contribution is 2.27. The summed E-state index contributed by atoms with van der Waals surface area (Å²) in [7, 11) is 0. The van der Waals surface area contributed by atoms with Crippen molar-refractivity contribution in [3.63, 3.8) is 0 Å². The van der Waals surface area contributed by atoms with Crippen molar-refractivity contribution in [3.05, 3.63) is 77.2 Å². The van der Waals surface area contributed by atoms with Crippen LogP contribution in [0, 0.1) is 12.3 Å². The Morgan fingerprint density at radius 1 is 1.21 bits per heavy atom. The van der Waals surface area contributed by atoms with E-state index in [4.69, 9.17) is 5.41 Å². The summed E-state index contributed by atoms with van der Waals surface area (Å²) in [5.74, 6) is 0.161. The van der Waals surface area contributed by atoms with Crippen LogP contribution in [-0.2, 0) is 6.61 Å². The summed E-state index contributed by atoms with van der Waals surface area (Å²) in [4.78, 5) is 21.2. The molecule has 6 N–H and O–H groups in total. The topological polar surface area (TPSA) is 143 Å². The third kappa shape index (κ3) is 6.12. The molecule has 0 bridgehead atoms. The SMILES string of the molecule is Cc1cc(Nc2c(C=N)cc(NC(=O)N[C@@H](c3ccccc3)C(C)(C)O)nc2CO)ccn1. The molecule has 0 spiro atoms. The molecular weight excluding hydrogens is 420 g/mol. The van der Waals surface area contributed by atoms with Gasteiger partial charge in [0, 0.05) is 29.4 Å². The highest BCUT2D eigenvalue weighted by atomic mass is 16.3. The number of aliphatic hydroxyl groups excluding tert-OH is 1. The Hall–Kier alpha value is -3.82. The zero-order chi connectivity index (χ0) is 24.0. The third-order valence-electron chi connectivity index (χ3n) is 4.95. The third-order valence-corrected chi connectivity index (χ3v) is 4.95. The van der Waals surface area contributed by atoms with E-state index < -0.39 is 24.3 Å². The van der Waals surface area contributed by atoms with Gasteiger partial charge in [-0.25, -0.2) is 9.78 Å². The largest absolute Gasteiger partial charge is 0.390 e. The molecule has 0 aliphatic heterocycles. The molecule has 1 aromatic carbocycles. The van der Waals surface area contributed by atoms with Gasteiger partial charge < -0.3 is 26.3 Å². The second-order valence-corrected chi connectivity index (χ2v) is 8.13. The smallest absolute Gasteiger partial charge is 0.320 e. The van der Waals surface area contributed by atoms with E-state index in [9.17, 15) is 15.0 Å². The Morgan fingerprint density at radius 3 is 2.55 bits per heavy atom. The first-order valence-electron chi connectivity index (χ1n) is 10.4. The summed E-state index contributed by atoms with van der Waals surface area (Å²) in [5.41, 5.74) is 2.22. The summed E-state index contributed by atoms with van der Waals surface area (Å²) >= 11 is 0. The number of pyridine rings is 2. The van der Waals surface area contributed by atoms with Crippen molar-refractivity contribution in [2.45, 2.75) is 39.0 Å². The Kier molecular flexibility index (Phi) is 7.37. The van der Waals surface area contributed by atoms with Gasteiger partial charge in [-0.2, -0.15) is 0 Å². The molecule has 0 aliphatic carbocycles. The lowest BCUT2D eigenvalue weighted by molar-refractivity contribution is 0.0415. The fraction of sp³-hybridized carbons (Fsp3) is 0.250. The monoisotopic (exact) mass is 448 g/mol. The van der Waals surface area contributed by atoms with Crippen molar-refractivity contribution < 1.29 is 15.0 Å². The molecule has 0 aliphatic rings. The maximum absolute atomic E-state index is 12.7. The molecule has 2 aromatic heterocycles. The number of nitrogens with zero attached hydrogens (tertiary/aromatic N) is 2. The summed E-state index contributed by atoms with van der Waals surface area (Å²) in [6, 6.07) is 13.0. The molecule has 0 radical (unpaired) electrons. The van der Waals surface area contributed by atoms with Crippen LogP contribution in [-0.4, -0.2) is 38.0 Å². The minimum Gasteiger partial charge on any atom is -0.390 e. The lowest BCUT2D eigenvalue weighted by Crippen LogP contribution is -2.44. The number of anilines is 3. The van der Waals surface area contributed by atoms with Gasteiger partial charge in [0.2, 0.25) is 0 Å². The molecular formula is C24H28N6O3. The summed E-state index contributed by atoms with van der Waals surface area (Å²) in [6.07, 6.45) is 2.77. The van der Waals surface area contributed by atoms with Crippen LogP contribution in [0.3, 0.4) is 0 Å². The van der Waals surface area contributed by atoms with Gasteiger partial charge in [-0.3, -0.25) is 10.3 Å². The molecule has 0 saturated heterocycles. The normalized spacial score (nSPS) is 12.0. The van der Waals surface area contributed by atoms with Gasteiger partial charge in [-0.05, 0) is 44.5 Å². The number of carbonyl (C=O) groups is 1. The van der Waals surface area contributed by atoms with E-state index in [-0.39, 0.29) is 11.5 Å². The molecule has 1 atom stereocenters. The van der Waals surface area contributed by atoms with Crippen LogP contribution in [0.25, 0.3) is 0 Å². The van der Waals surface area contributed by atoms with Gasteiger partial charge in [0.05, 0.1) is 29.6 Å². The summed E-state index contributed by atoms with van der Waals surface area (Å²) in [6.45, 7) is 4.68. The van der Waals surface area contributed by atoms with Crippen molar-refractivity contribution >= 4 is 29.4 Å². The molecule has 33 heavy (non-hydrogen) atoms. The number of rotatable bonds is 8. The summed E-state index contributed by atoms with van der Waals surface area (Å²) < 4.78 is 0. The maximum Gasteiger partial charge on any atom is 0.320 e. The Balaban J connectivity index is 1.84. The van der Waals surface area contributed by atoms with Crippen LogP contribution >= 0.6 is 0 Å². The molecule has 3 aromatic rings. The number of amides is 2. The lowest BCUT2D eigenvalue weighted by atomic mass is 9.92. The number of aromatic nitrogens is 2. The average Bonchev–Trinajstić information content (AvgIpc) is 2.78. The minimum absolute atomic E-state index is 0.161. The lowest BCUT2D eigenvalue weighted by Gasteiger charge is -2.30. The minimum atomic E-state index is -1.22. The zero-order valence-electron chi connectivity index (χ0n) is 18.8. The first kappa shape index (κ1) is 23.8. The van der Waals surface area contributed by atoms with Gasteiger partial charge in [-0.15, -0.1) is 0 Å². The van der Waals surface area contributed by atoms with Gasteiger partial charge in [-0.1, -0.05) is 30.3 Å². The van der Waals surface area contributed by atoms with E-state index in [1.54, 1.807) is 26.1 Å². The van der Waals surface area contributed by atoms with E-state index in [0.29, 0.717) is 11.3 Å². The van der Waals surface area contributed by atoms with Gasteiger partial charge in [0.1, 0.15) is 5.82 Å². The van der Waals surface area contributed by atoms with Crippen LogP contribution in [0.5, 0.6) is 0 Å². The maximum atomic E-state index is 12.7.